The van der Waals surface area contributed by atoms with Crippen LogP contribution in [0, 0.1) is 11.3 Å². The van der Waals surface area contributed by atoms with E-state index in [-0.39, 0.29) is 0 Å². The summed E-state index contributed by atoms with van der Waals surface area (Å²) in [4.78, 5) is 2.44. The summed E-state index contributed by atoms with van der Waals surface area (Å²) in [7, 11) is 0. The summed E-state index contributed by atoms with van der Waals surface area (Å²) in [5.41, 5.74) is 0. The Balaban J connectivity index is 2.01. The first kappa shape index (κ1) is 11.9. The van der Waals surface area contributed by atoms with Crippen molar-refractivity contribution in [3.05, 3.63) is 0 Å². The summed E-state index contributed by atoms with van der Waals surface area (Å²) in [6, 6.07) is 1.27. The zero-order valence-corrected chi connectivity index (χ0v) is 10.8. The van der Waals surface area contributed by atoms with E-state index in [0.717, 1.165) is 5.84 Å². The minimum atomic E-state index is 0.573. The molecular weight excluding hydrogens is 196 g/mol. The van der Waals surface area contributed by atoms with E-state index in [4.69, 9.17) is 5.41 Å². The lowest BCUT2D eigenvalue weighted by Crippen LogP contribution is -2.43. The van der Waals surface area contributed by atoms with Crippen molar-refractivity contribution < 1.29 is 0 Å². The Morgan fingerprint density at radius 2 is 1.81 bits per heavy atom. The molecule has 1 saturated heterocycles. The van der Waals surface area contributed by atoms with Crippen LogP contribution in [0.5, 0.6) is 0 Å². The van der Waals surface area contributed by atoms with E-state index in [1.807, 2.05) is 0 Å². The molecule has 0 bridgehead atoms. The fourth-order valence-electron chi connectivity index (χ4n) is 3.49. The van der Waals surface area contributed by atoms with Gasteiger partial charge in [-0.15, -0.1) is 0 Å². The molecule has 2 nitrogen and oxygen atoms in total. The molecule has 1 saturated carbocycles. The molecule has 1 aliphatic heterocycles. The summed E-state index contributed by atoms with van der Waals surface area (Å²) in [6.45, 7) is 4.57. The summed E-state index contributed by atoms with van der Waals surface area (Å²) < 4.78 is 0. The monoisotopic (exact) mass is 222 g/mol. The van der Waals surface area contributed by atoms with Crippen molar-refractivity contribution >= 4 is 5.84 Å². The van der Waals surface area contributed by atoms with Gasteiger partial charge < -0.3 is 4.90 Å². The summed E-state index contributed by atoms with van der Waals surface area (Å²) in [5.74, 6) is 1.54. The van der Waals surface area contributed by atoms with Crippen LogP contribution in [0.15, 0.2) is 0 Å². The zero-order valence-electron chi connectivity index (χ0n) is 10.8. The molecule has 16 heavy (non-hydrogen) atoms. The minimum Gasteiger partial charge on any atom is -0.355 e. The predicted molar refractivity (Wildman–Crippen MR) is 68.9 cm³/mol. The predicted octanol–water partition coefficient (Wildman–Crippen LogP) is 3.81. The molecule has 0 spiro atoms. The lowest BCUT2D eigenvalue weighted by Gasteiger charge is -2.35. The first-order chi connectivity index (χ1) is 7.74. The molecule has 2 fully saturated rings. The average Bonchev–Trinajstić information content (AvgIpc) is 2.70. The van der Waals surface area contributed by atoms with Crippen molar-refractivity contribution in [2.45, 2.75) is 77.3 Å². The molecule has 0 amide bonds. The van der Waals surface area contributed by atoms with Gasteiger partial charge >= 0.3 is 0 Å². The molecular formula is C14H26N2. The van der Waals surface area contributed by atoms with Gasteiger partial charge in [0.25, 0.3) is 0 Å². The molecule has 92 valence electrons. The Kier molecular flexibility index (Phi) is 3.88. The van der Waals surface area contributed by atoms with Crippen LogP contribution in [0.4, 0.5) is 0 Å². The van der Waals surface area contributed by atoms with Gasteiger partial charge in [0.1, 0.15) is 0 Å². The molecule has 2 rings (SSSR count). The maximum absolute atomic E-state index is 8.47. The SMILES string of the molecule is CCC1CCC(C)N1C(=N)C1CCCCC1. The number of nitrogens with zero attached hydrogens (tertiary/aromatic N) is 1. The number of nitrogens with one attached hydrogen (secondary N) is 1. The van der Waals surface area contributed by atoms with Gasteiger partial charge in [-0.25, -0.2) is 0 Å². The van der Waals surface area contributed by atoms with Crippen LogP contribution < -0.4 is 0 Å². The summed E-state index contributed by atoms with van der Waals surface area (Å²) >= 11 is 0. The smallest absolute Gasteiger partial charge is 0.0994 e. The number of hydrogen-bond donors (Lipinski definition) is 1. The van der Waals surface area contributed by atoms with Gasteiger partial charge in [-0.1, -0.05) is 26.2 Å². The fraction of sp³-hybridized carbons (Fsp3) is 0.929. The van der Waals surface area contributed by atoms with Gasteiger partial charge in [-0.2, -0.15) is 0 Å². The highest BCUT2D eigenvalue weighted by Crippen LogP contribution is 2.32. The third kappa shape index (κ3) is 2.26. The van der Waals surface area contributed by atoms with E-state index < -0.39 is 0 Å². The topological polar surface area (TPSA) is 27.1 Å². The van der Waals surface area contributed by atoms with Crippen molar-refractivity contribution in [2.75, 3.05) is 0 Å². The van der Waals surface area contributed by atoms with Gasteiger partial charge in [0.05, 0.1) is 5.84 Å². The molecule has 0 aromatic heterocycles. The number of likely N-dealkylation sites (tertiary alicyclic amines) is 1. The van der Waals surface area contributed by atoms with Gasteiger partial charge in [-0.05, 0) is 39.0 Å². The highest BCUT2D eigenvalue weighted by atomic mass is 15.2. The number of amidine groups is 1. The highest BCUT2D eigenvalue weighted by Gasteiger charge is 2.34. The standard InChI is InChI=1S/C14H26N2/c1-3-13-10-9-11(2)16(13)14(15)12-7-5-4-6-8-12/h11-13,15H,3-10H2,1-2H3. The van der Waals surface area contributed by atoms with E-state index >= 15 is 0 Å². The second-order valence-corrected chi connectivity index (χ2v) is 5.62. The van der Waals surface area contributed by atoms with Gasteiger partial charge in [0, 0.05) is 18.0 Å². The van der Waals surface area contributed by atoms with Crippen molar-refractivity contribution in [3.63, 3.8) is 0 Å². The Bertz CT molecular complexity index is 243. The van der Waals surface area contributed by atoms with E-state index in [1.54, 1.807) is 0 Å². The van der Waals surface area contributed by atoms with Crippen molar-refractivity contribution in [1.29, 1.82) is 5.41 Å². The first-order valence-corrected chi connectivity index (χ1v) is 7.10. The molecule has 0 radical (unpaired) electrons. The van der Waals surface area contributed by atoms with Crippen LogP contribution in [0.2, 0.25) is 0 Å². The maximum atomic E-state index is 8.47. The Morgan fingerprint density at radius 3 is 2.44 bits per heavy atom. The van der Waals surface area contributed by atoms with E-state index in [0.29, 0.717) is 18.0 Å². The lowest BCUT2D eigenvalue weighted by molar-refractivity contribution is 0.286. The molecule has 2 aliphatic rings. The minimum absolute atomic E-state index is 0.573. The molecule has 2 atom stereocenters. The number of hydrogen-bond acceptors (Lipinski definition) is 1. The molecule has 1 aliphatic carbocycles. The van der Waals surface area contributed by atoms with E-state index in [2.05, 4.69) is 18.7 Å². The molecule has 0 aromatic carbocycles. The highest BCUT2D eigenvalue weighted by molar-refractivity contribution is 5.82. The normalized spacial score (nSPS) is 32.0. The average molecular weight is 222 g/mol. The van der Waals surface area contributed by atoms with Gasteiger partial charge in [0.2, 0.25) is 0 Å². The summed E-state index contributed by atoms with van der Waals surface area (Å²) in [5, 5.41) is 8.47. The van der Waals surface area contributed by atoms with Crippen molar-refractivity contribution in [3.8, 4) is 0 Å². The second kappa shape index (κ2) is 5.20. The molecule has 1 N–H and O–H groups in total. The van der Waals surface area contributed by atoms with Crippen molar-refractivity contribution in [2.24, 2.45) is 5.92 Å². The Hall–Kier alpha value is -0.530. The first-order valence-electron chi connectivity index (χ1n) is 7.10. The van der Waals surface area contributed by atoms with E-state index in [9.17, 15) is 0 Å². The second-order valence-electron chi connectivity index (χ2n) is 5.62. The van der Waals surface area contributed by atoms with Crippen LogP contribution in [-0.4, -0.2) is 22.8 Å². The molecule has 2 heteroatoms. The van der Waals surface area contributed by atoms with Crippen LogP contribution in [0.25, 0.3) is 0 Å². The Morgan fingerprint density at radius 1 is 1.12 bits per heavy atom. The Labute approximate surface area is 99.9 Å². The van der Waals surface area contributed by atoms with Crippen LogP contribution in [0.1, 0.15) is 65.2 Å². The molecule has 1 heterocycles. The number of rotatable bonds is 2. The third-order valence-electron chi connectivity index (χ3n) is 4.53. The molecule has 0 aromatic rings. The third-order valence-corrected chi connectivity index (χ3v) is 4.53. The maximum Gasteiger partial charge on any atom is 0.0994 e. The van der Waals surface area contributed by atoms with E-state index in [1.165, 1.54) is 51.4 Å². The quantitative estimate of drug-likeness (QED) is 0.558. The van der Waals surface area contributed by atoms with Crippen molar-refractivity contribution in [1.82, 2.24) is 4.90 Å². The zero-order chi connectivity index (χ0) is 11.5. The fourth-order valence-corrected chi connectivity index (χ4v) is 3.49. The lowest BCUT2D eigenvalue weighted by atomic mass is 9.87. The summed E-state index contributed by atoms with van der Waals surface area (Å²) in [6.07, 6.45) is 10.4. The molecule has 2 unspecified atom stereocenters. The largest absolute Gasteiger partial charge is 0.355 e. The van der Waals surface area contributed by atoms with Gasteiger partial charge in [-0.3, -0.25) is 5.41 Å². The van der Waals surface area contributed by atoms with Crippen LogP contribution in [-0.2, 0) is 0 Å². The van der Waals surface area contributed by atoms with Crippen LogP contribution in [0.3, 0.4) is 0 Å². The van der Waals surface area contributed by atoms with Gasteiger partial charge in [0.15, 0.2) is 0 Å². The van der Waals surface area contributed by atoms with Crippen LogP contribution >= 0.6 is 0 Å².